The van der Waals surface area contributed by atoms with Crippen LogP contribution in [0.3, 0.4) is 0 Å². The normalized spacial score (nSPS) is 11.8. The molecule has 0 aliphatic rings. The number of nitrogens with zero attached hydrogens (tertiary/aromatic N) is 2. The van der Waals surface area contributed by atoms with Gasteiger partial charge in [0.15, 0.2) is 0 Å². The van der Waals surface area contributed by atoms with Crippen LogP contribution in [0.2, 0.25) is 0 Å². The Morgan fingerprint density at radius 1 is 1.19 bits per heavy atom. The van der Waals surface area contributed by atoms with Gasteiger partial charge in [-0.1, -0.05) is 24.3 Å². The summed E-state index contributed by atoms with van der Waals surface area (Å²) in [6.45, 7) is 4.36. The maximum absolute atomic E-state index is 12.7. The summed E-state index contributed by atoms with van der Waals surface area (Å²) in [5, 5.41) is 0. The van der Waals surface area contributed by atoms with Gasteiger partial charge in [0.1, 0.15) is 5.82 Å². The molecule has 2 aromatic rings. The van der Waals surface area contributed by atoms with Crippen LogP contribution in [0, 0.1) is 0 Å². The number of rotatable bonds is 7. The Labute approximate surface area is 125 Å². The van der Waals surface area contributed by atoms with Crippen molar-refractivity contribution >= 4 is 7.60 Å². The minimum absolute atomic E-state index is 0.248. The van der Waals surface area contributed by atoms with E-state index in [0.717, 1.165) is 17.0 Å². The molecular weight excluding hydrogens is 287 g/mol. The number of hydrogen-bond donors (Lipinski definition) is 0. The Morgan fingerprint density at radius 3 is 2.43 bits per heavy atom. The van der Waals surface area contributed by atoms with Gasteiger partial charge in [-0.3, -0.25) is 4.57 Å². The van der Waals surface area contributed by atoms with Gasteiger partial charge in [-0.05, 0) is 19.4 Å². The molecule has 0 aliphatic heterocycles. The molecule has 0 amide bonds. The molecule has 5 nitrogen and oxygen atoms in total. The molecule has 0 atom stereocenters. The van der Waals surface area contributed by atoms with E-state index < -0.39 is 7.60 Å². The second-order valence-corrected chi connectivity index (χ2v) is 6.68. The quantitative estimate of drug-likeness (QED) is 0.729. The Bertz CT molecular complexity index is 629. The zero-order valence-corrected chi connectivity index (χ0v) is 13.5. The molecule has 0 fully saturated rings. The van der Waals surface area contributed by atoms with Gasteiger partial charge in [0.25, 0.3) is 0 Å². The fourth-order valence-corrected chi connectivity index (χ4v) is 3.97. The van der Waals surface area contributed by atoms with Crippen molar-refractivity contribution in [1.29, 1.82) is 0 Å². The van der Waals surface area contributed by atoms with Crippen molar-refractivity contribution in [2.75, 3.05) is 13.2 Å². The molecular formula is C15H21N2O3P. The second-order valence-electron chi connectivity index (χ2n) is 4.62. The summed E-state index contributed by atoms with van der Waals surface area (Å²) in [4.78, 5) is 4.36. The van der Waals surface area contributed by atoms with Crippen LogP contribution in [0.5, 0.6) is 0 Å². The van der Waals surface area contributed by atoms with Crippen molar-refractivity contribution in [1.82, 2.24) is 9.55 Å². The van der Waals surface area contributed by atoms with Crippen molar-refractivity contribution in [2.24, 2.45) is 7.05 Å². The van der Waals surface area contributed by atoms with Gasteiger partial charge in [-0.2, -0.15) is 0 Å². The average molecular weight is 308 g/mol. The first-order valence-corrected chi connectivity index (χ1v) is 8.76. The van der Waals surface area contributed by atoms with E-state index in [4.69, 9.17) is 9.05 Å². The van der Waals surface area contributed by atoms with Gasteiger partial charge < -0.3 is 13.6 Å². The van der Waals surface area contributed by atoms with Crippen molar-refractivity contribution in [3.63, 3.8) is 0 Å². The van der Waals surface area contributed by atoms with Crippen molar-refractivity contribution in [3.8, 4) is 11.4 Å². The first-order chi connectivity index (χ1) is 10.1. The summed E-state index contributed by atoms with van der Waals surface area (Å²) in [5.74, 6) is 0.838. The van der Waals surface area contributed by atoms with E-state index in [2.05, 4.69) is 4.98 Å². The van der Waals surface area contributed by atoms with E-state index in [0.29, 0.717) is 13.2 Å². The number of hydrogen-bond acceptors (Lipinski definition) is 4. The smallest absolute Gasteiger partial charge is 0.334 e. The minimum Gasteiger partial charge on any atom is -0.334 e. The highest BCUT2D eigenvalue weighted by molar-refractivity contribution is 7.53. The van der Waals surface area contributed by atoms with Crippen molar-refractivity contribution in [2.45, 2.75) is 20.0 Å². The molecule has 21 heavy (non-hydrogen) atoms. The van der Waals surface area contributed by atoms with E-state index in [9.17, 15) is 4.57 Å². The largest absolute Gasteiger partial charge is 0.335 e. The lowest BCUT2D eigenvalue weighted by molar-refractivity contribution is 0.219. The molecule has 6 heteroatoms. The van der Waals surface area contributed by atoms with Crippen LogP contribution in [0.25, 0.3) is 11.4 Å². The first kappa shape index (κ1) is 16.0. The molecule has 0 saturated carbocycles. The lowest BCUT2D eigenvalue weighted by Crippen LogP contribution is -2.02. The SMILES string of the molecule is CCOP(=O)(Cc1ccccc1-c1nccn1C)OCC. The number of aromatic nitrogens is 2. The summed E-state index contributed by atoms with van der Waals surface area (Å²) in [6, 6.07) is 7.78. The monoisotopic (exact) mass is 308 g/mol. The highest BCUT2D eigenvalue weighted by atomic mass is 31.2. The highest BCUT2D eigenvalue weighted by Gasteiger charge is 2.26. The van der Waals surface area contributed by atoms with E-state index in [1.807, 2.05) is 55.9 Å². The number of benzene rings is 1. The lowest BCUT2D eigenvalue weighted by Gasteiger charge is -2.18. The zero-order chi connectivity index (χ0) is 15.3. The number of imidazole rings is 1. The van der Waals surface area contributed by atoms with Gasteiger partial charge in [0.2, 0.25) is 0 Å². The standard InChI is InChI=1S/C15H21N2O3P/c1-4-19-21(18,20-5-2)12-13-8-6-7-9-14(13)15-16-10-11-17(15)3/h6-11H,4-5,12H2,1-3H3. The molecule has 1 heterocycles. The summed E-state index contributed by atoms with van der Waals surface area (Å²) >= 11 is 0. The van der Waals surface area contributed by atoms with E-state index >= 15 is 0 Å². The predicted octanol–water partition coefficient (Wildman–Crippen LogP) is 3.85. The Kier molecular flexibility index (Phi) is 5.34. The minimum atomic E-state index is -3.12. The summed E-state index contributed by atoms with van der Waals surface area (Å²) in [6.07, 6.45) is 3.88. The third-order valence-corrected chi connectivity index (χ3v) is 5.13. The third kappa shape index (κ3) is 3.82. The predicted molar refractivity (Wildman–Crippen MR) is 83.2 cm³/mol. The Hall–Kier alpha value is -1.42. The lowest BCUT2D eigenvalue weighted by atomic mass is 10.1. The summed E-state index contributed by atoms with van der Waals surface area (Å²) < 4.78 is 25.4. The molecule has 1 aromatic heterocycles. The number of aryl methyl sites for hydroxylation is 1. The molecule has 0 radical (unpaired) electrons. The highest BCUT2D eigenvalue weighted by Crippen LogP contribution is 2.52. The topological polar surface area (TPSA) is 53.3 Å². The van der Waals surface area contributed by atoms with Crippen LogP contribution in [0.4, 0.5) is 0 Å². The van der Waals surface area contributed by atoms with Gasteiger partial charge in [0.05, 0.1) is 19.4 Å². The van der Waals surface area contributed by atoms with E-state index in [1.165, 1.54) is 0 Å². The molecule has 2 rings (SSSR count). The summed E-state index contributed by atoms with van der Waals surface area (Å²) in [7, 11) is -1.19. The van der Waals surface area contributed by atoms with Crippen LogP contribution >= 0.6 is 7.60 Å². The summed E-state index contributed by atoms with van der Waals surface area (Å²) in [5.41, 5.74) is 1.86. The van der Waals surface area contributed by atoms with Crippen LogP contribution in [0.1, 0.15) is 19.4 Å². The average Bonchev–Trinajstić information content (AvgIpc) is 2.86. The molecule has 1 aromatic carbocycles. The van der Waals surface area contributed by atoms with Crippen molar-refractivity contribution in [3.05, 3.63) is 42.2 Å². The van der Waals surface area contributed by atoms with Gasteiger partial charge in [-0.25, -0.2) is 4.98 Å². The van der Waals surface area contributed by atoms with Crippen LogP contribution in [0.15, 0.2) is 36.7 Å². The fraction of sp³-hybridized carbons (Fsp3) is 0.400. The molecule has 0 bridgehead atoms. The van der Waals surface area contributed by atoms with E-state index in [1.54, 1.807) is 6.20 Å². The second kappa shape index (κ2) is 7.03. The van der Waals surface area contributed by atoms with Crippen LogP contribution in [-0.2, 0) is 26.8 Å². The molecule has 0 unspecified atom stereocenters. The molecule has 114 valence electrons. The zero-order valence-electron chi connectivity index (χ0n) is 12.7. The maximum atomic E-state index is 12.7. The Morgan fingerprint density at radius 2 is 1.86 bits per heavy atom. The maximum Gasteiger partial charge on any atom is 0.335 e. The molecule has 0 aliphatic carbocycles. The Balaban J connectivity index is 2.37. The molecule has 0 N–H and O–H groups in total. The van der Waals surface area contributed by atoms with Crippen LogP contribution < -0.4 is 0 Å². The van der Waals surface area contributed by atoms with Gasteiger partial charge in [-0.15, -0.1) is 0 Å². The van der Waals surface area contributed by atoms with Crippen molar-refractivity contribution < 1.29 is 13.6 Å². The van der Waals surface area contributed by atoms with E-state index in [-0.39, 0.29) is 6.16 Å². The first-order valence-electron chi connectivity index (χ1n) is 7.03. The third-order valence-electron chi connectivity index (χ3n) is 3.10. The van der Waals surface area contributed by atoms with Gasteiger partial charge >= 0.3 is 7.60 Å². The molecule has 0 spiro atoms. The van der Waals surface area contributed by atoms with Gasteiger partial charge in [0, 0.05) is 25.0 Å². The van der Waals surface area contributed by atoms with Crippen LogP contribution in [-0.4, -0.2) is 22.8 Å². The fourth-order valence-electron chi connectivity index (χ4n) is 2.23. The molecule has 0 saturated heterocycles.